The molecular formula is C7H3ClINO3S. The van der Waals surface area contributed by atoms with E-state index < -0.39 is 9.05 Å². The third-order valence-corrected chi connectivity index (χ3v) is 3.43. The highest BCUT2D eigenvalue weighted by atomic mass is 127. The number of rotatable bonds is 1. The number of hydrogen-bond acceptors (Lipinski definition) is 4. The van der Waals surface area contributed by atoms with Crippen molar-refractivity contribution in [1.29, 1.82) is 0 Å². The van der Waals surface area contributed by atoms with Gasteiger partial charge in [-0.3, -0.25) is 0 Å². The zero-order valence-electron chi connectivity index (χ0n) is 6.57. The second kappa shape index (κ2) is 3.35. The first-order valence-corrected chi connectivity index (χ1v) is 6.86. The van der Waals surface area contributed by atoms with Gasteiger partial charge in [-0.1, -0.05) is 0 Å². The topological polar surface area (TPSA) is 60.2 Å². The molecule has 0 bridgehead atoms. The average molecular weight is 344 g/mol. The van der Waals surface area contributed by atoms with Crippen LogP contribution in [0.15, 0.2) is 27.5 Å². The van der Waals surface area contributed by atoms with Crippen molar-refractivity contribution in [2.24, 2.45) is 0 Å². The maximum Gasteiger partial charge on any atom is 0.261 e. The van der Waals surface area contributed by atoms with Crippen LogP contribution in [-0.4, -0.2) is 13.4 Å². The summed E-state index contributed by atoms with van der Waals surface area (Å²) in [5, 5.41) is 0. The molecule has 0 aliphatic heterocycles. The first kappa shape index (κ1) is 10.2. The smallest absolute Gasteiger partial charge is 0.261 e. The Balaban J connectivity index is 2.74. The van der Waals surface area contributed by atoms with Gasteiger partial charge in [-0.2, -0.15) is 0 Å². The monoisotopic (exact) mass is 343 g/mol. The van der Waals surface area contributed by atoms with Crippen molar-refractivity contribution in [3.05, 3.63) is 22.1 Å². The van der Waals surface area contributed by atoms with Gasteiger partial charge in [0.15, 0.2) is 5.58 Å². The van der Waals surface area contributed by atoms with E-state index in [2.05, 4.69) is 4.98 Å². The standard InChI is InChI=1S/C7H3ClINO3S/c8-14(11,12)4-1-2-6-5(3-4)10-7(9)13-6/h1-3H. The third-order valence-electron chi connectivity index (χ3n) is 1.61. The molecule has 1 aromatic carbocycles. The Morgan fingerprint density at radius 2 is 2.14 bits per heavy atom. The molecule has 0 spiro atoms. The van der Waals surface area contributed by atoms with Gasteiger partial charge in [0.05, 0.1) is 4.90 Å². The minimum absolute atomic E-state index is 0.0244. The summed E-state index contributed by atoms with van der Waals surface area (Å²) in [4.78, 5) is 4.01. The summed E-state index contributed by atoms with van der Waals surface area (Å²) < 4.78 is 27.6. The SMILES string of the molecule is O=S(=O)(Cl)c1ccc2oc(I)nc2c1. The van der Waals surface area contributed by atoms with Gasteiger partial charge in [0.1, 0.15) is 5.52 Å². The fourth-order valence-electron chi connectivity index (χ4n) is 1.03. The van der Waals surface area contributed by atoms with Crippen LogP contribution >= 0.6 is 33.3 Å². The summed E-state index contributed by atoms with van der Waals surface area (Å²) in [5.74, 6) is 0. The third kappa shape index (κ3) is 1.86. The lowest BCUT2D eigenvalue weighted by molar-refractivity contribution is 0.566. The van der Waals surface area contributed by atoms with Gasteiger partial charge in [-0.05, 0) is 18.2 Å². The van der Waals surface area contributed by atoms with Crippen LogP contribution in [0.5, 0.6) is 0 Å². The van der Waals surface area contributed by atoms with Gasteiger partial charge < -0.3 is 4.42 Å². The second-order valence-corrected chi connectivity index (χ2v) is 6.02. The first-order valence-electron chi connectivity index (χ1n) is 3.47. The van der Waals surface area contributed by atoms with Gasteiger partial charge >= 0.3 is 0 Å². The van der Waals surface area contributed by atoms with Gasteiger partial charge in [-0.25, -0.2) is 13.4 Å². The maximum absolute atomic E-state index is 11.0. The van der Waals surface area contributed by atoms with Crippen LogP contribution in [0.2, 0.25) is 0 Å². The molecule has 1 heterocycles. The van der Waals surface area contributed by atoms with Crippen LogP contribution in [0.25, 0.3) is 11.1 Å². The zero-order chi connectivity index (χ0) is 10.3. The molecule has 2 rings (SSSR count). The van der Waals surface area contributed by atoms with E-state index in [1.165, 1.54) is 18.2 Å². The minimum Gasteiger partial charge on any atom is -0.432 e. The number of aromatic nitrogens is 1. The Labute approximate surface area is 97.8 Å². The Kier molecular flexibility index (Phi) is 2.44. The van der Waals surface area contributed by atoms with Crippen molar-refractivity contribution < 1.29 is 12.8 Å². The van der Waals surface area contributed by atoms with Crippen molar-refractivity contribution in [2.45, 2.75) is 4.90 Å². The largest absolute Gasteiger partial charge is 0.432 e. The molecule has 0 amide bonds. The van der Waals surface area contributed by atoms with Crippen LogP contribution in [-0.2, 0) is 9.05 Å². The minimum atomic E-state index is -3.70. The highest BCUT2D eigenvalue weighted by Crippen LogP contribution is 2.22. The van der Waals surface area contributed by atoms with E-state index in [9.17, 15) is 8.42 Å². The zero-order valence-corrected chi connectivity index (χ0v) is 10.3. The van der Waals surface area contributed by atoms with E-state index in [-0.39, 0.29) is 4.90 Å². The molecule has 0 saturated carbocycles. The predicted octanol–water partition coefficient (Wildman–Crippen LogP) is 2.36. The molecule has 0 N–H and O–H groups in total. The molecule has 2 aromatic rings. The van der Waals surface area contributed by atoms with Crippen molar-refractivity contribution in [3.8, 4) is 0 Å². The molecule has 0 atom stereocenters. The van der Waals surface area contributed by atoms with Gasteiger partial charge in [0.2, 0.25) is 0 Å². The van der Waals surface area contributed by atoms with Gasteiger partial charge in [0.25, 0.3) is 12.9 Å². The van der Waals surface area contributed by atoms with E-state index in [1.807, 2.05) is 22.6 Å². The number of fused-ring (bicyclic) bond motifs is 1. The number of benzene rings is 1. The van der Waals surface area contributed by atoms with Gasteiger partial charge in [0, 0.05) is 33.3 Å². The second-order valence-electron chi connectivity index (χ2n) is 2.53. The average Bonchev–Trinajstić information content (AvgIpc) is 2.41. The lowest BCUT2D eigenvalue weighted by Gasteiger charge is -1.93. The summed E-state index contributed by atoms with van der Waals surface area (Å²) in [6.45, 7) is 0. The molecule has 74 valence electrons. The van der Waals surface area contributed by atoms with Crippen LogP contribution in [0.3, 0.4) is 0 Å². The molecule has 4 nitrogen and oxygen atoms in total. The van der Waals surface area contributed by atoms with Crippen LogP contribution in [0.4, 0.5) is 0 Å². The molecule has 0 saturated heterocycles. The fraction of sp³-hybridized carbons (Fsp3) is 0. The Morgan fingerprint density at radius 1 is 1.43 bits per heavy atom. The summed E-state index contributed by atoms with van der Waals surface area (Å²) in [5.41, 5.74) is 1.02. The quantitative estimate of drug-likeness (QED) is 0.589. The summed E-state index contributed by atoms with van der Waals surface area (Å²) in [6, 6.07) is 4.29. The highest BCUT2D eigenvalue weighted by molar-refractivity contribution is 14.1. The summed E-state index contributed by atoms with van der Waals surface area (Å²) in [7, 11) is 1.48. The van der Waals surface area contributed by atoms with Crippen LogP contribution < -0.4 is 0 Å². The number of hydrogen-bond donors (Lipinski definition) is 0. The first-order chi connectivity index (χ1) is 6.47. The van der Waals surface area contributed by atoms with E-state index in [1.54, 1.807) is 0 Å². The lowest BCUT2D eigenvalue weighted by Crippen LogP contribution is -1.89. The molecular weight excluding hydrogens is 341 g/mol. The summed E-state index contributed by atoms with van der Waals surface area (Å²) in [6.07, 6.45) is 0. The van der Waals surface area contributed by atoms with E-state index in [0.29, 0.717) is 15.0 Å². The predicted molar refractivity (Wildman–Crippen MR) is 59.8 cm³/mol. The van der Waals surface area contributed by atoms with Crippen LogP contribution in [0, 0.1) is 3.90 Å². The van der Waals surface area contributed by atoms with Crippen LogP contribution in [0.1, 0.15) is 0 Å². The molecule has 7 heteroatoms. The van der Waals surface area contributed by atoms with Crippen molar-refractivity contribution in [2.75, 3.05) is 0 Å². The van der Waals surface area contributed by atoms with Crippen molar-refractivity contribution in [1.82, 2.24) is 4.98 Å². The number of nitrogens with zero attached hydrogens (tertiary/aromatic N) is 1. The van der Waals surface area contributed by atoms with Crippen molar-refractivity contribution >= 4 is 53.4 Å². The summed E-state index contributed by atoms with van der Waals surface area (Å²) >= 11 is 1.91. The molecule has 0 aliphatic rings. The molecule has 0 fully saturated rings. The Hall–Kier alpha value is -0.340. The Bertz CT molecular complexity index is 592. The van der Waals surface area contributed by atoms with E-state index >= 15 is 0 Å². The normalized spacial score (nSPS) is 12.1. The van der Waals surface area contributed by atoms with E-state index in [0.717, 1.165) is 0 Å². The van der Waals surface area contributed by atoms with E-state index in [4.69, 9.17) is 15.1 Å². The fourth-order valence-corrected chi connectivity index (χ4v) is 2.30. The highest BCUT2D eigenvalue weighted by Gasteiger charge is 2.12. The maximum atomic E-state index is 11.0. The lowest BCUT2D eigenvalue weighted by atomic mass is 10.3. The van der Waals surface area contributed by atoms with Gasteiger partial charge in [-0.15, -0.1) is 0 Å². The number of halogens is 2. The Morgan fingerprint density at radius 3 is 2.79 bits per heavy atom. The molecule has 1 aromatic heterocycles. The molecule has 0 aliphatic carbocycles. The molecule has 0 radical (unpaired) electrons. The molecule has 0 unspecified atom stereocenters. The molecule has 14 heavy (non-hydrogen) atoms. The van der Waals surface area contributed by atoms with Crippen molar-refractivity contribution in [3.63, 3.8) is 0 Å². The number of oxazole rings is 1.